The van der Waals surface area contributed by atoms with Crippen molar-refractivity contribution in [2.45, 2.75) is 5.41 Å². The van der Waals surface area contributed by atoms with Crippen LogP contribution in [0.15, 0.2) is 115 Å². The van der Waals surface area contributed by atoms with Crippen LogP contribution in [-0.2, 0) is 5.41 Å². The Morgan fingerprint density at radius 1 is 0.500 bits per heavy atom. The van der Waals surface area contributed by atoms with Crippen molar-refractivity contribution in [3.63, 3.8) is 0 Å². The lowest BCUT2D eigenvalue weighted by Crippen LogP contribution is -2.34. The molecule has 0 nitrogen and oxygen atoms in total. The number of hydrogen-bond donors (Lipinski definition) is 0. The van der Waals surface area contributed by atoms with Gasteiger partial charge < -0.3 is 0 Å². The van der Waals surface area contributed by atoms with E-state index >= 15 is 0 Å². The second kappa shape index (κ2) is 6.00. The predicted molar refractivity (Wildman–Crippen MR) is 109 cm³/mol. The third kappa shape index (κ3) is 2.02. The largest absolute Gasteiger partial charge is 0.0760 e. The Balaban J connectivity index is 1.91. The molecule has 0 heteroatoms. The summed E-state index contributed by atoms with van der Waals surface area (Å²) in [5.74, 6) is 0.254. The first-order valence-electron chi connectivity index (χ1n) is 9.19. The highest BCUT2D eigenvalue weighted by molar-refractivity contribution is 5.84. The van der Waals surface area contributed by atoms with Crippen LogP contribution in [0.2, 0.25) is 0 Å². The first-order valence-corrected chi connectivity index (χ1v) is 9.19. The monoisotopic (exact) mass is 332 g/mol. The lowest BCUT2D eigenvalue weighted by molar-refractivity contribution is 0.537. The average Bonchev–Trinajstić information content (AvgIpc) is 2.84. The van der Waals surface area contributed by atoms with Crippen LogP contribution in [0, 0.1) is 5.92 Å². The molecule has 0 aromatic heterocycles. The van der Waals surface area contributed by atoms with Crippen molar-refractivity contribution >= 4 is 0 Å². The van der Waals surface area contributed by atoms with Gasteiger partial charge in [0, 0.05) is 5.92 Å². The van der Waals surface area contributed by atoms with E-state index in [0.29, 0.717) is 0 Å². The number of allylic oxidation sites excluding steroid dienone is 6. The van der Waals surface area contributed by atoms with E-state index in [4.69, 9.17) is 0 Å². The van der Waals surface area contributed by atoms with E-state index in [1.807, 2.05) is 0 Å². The van der Waals surface area contributed by atoms with E-state index in [1.54, 1.807) is 0 Å². The summed E-state index contributed by atoms with van der Waals surface area (Å²) in [5.41, 5.74) is 6.64. The maximum atomic E-state index is 2.34. The third-order valence-electron chi connectivity index (χ3n) is 5.69. The Bertz CT molecular complexity index is 973. The molecule has 0 heterocycles. The molecular weight excluding hydrogens is 312 g/mol. The van der Waals surface area contributed by atoms with Crippen LogP contribution in [0.25, 0.3) is 11.1 Å². The number of benzene rings is 3. The van der Waals surface area contributed by atoms with E-state index in [2.05, 4.69) is 115 Å². The minimum atomic E-state index is -0.201. The van der Waals surface area contributed by atoms with Crippen LogP contribution >= 0.6 is 0 Å². The summed E-state index contributed by atoms with van der Waals surface area (Å²) in [6, 6.07) is 28.8. The highest BCUT2D eigenvalue weighted by Crippen LogP contribution is 2.56. The second-order valence-corrected chi connectivity index (χ2v) is 6.95. The van der Waals surface area contributed by atoms with Crippen molar-refractivity contribution < 1.29 is 0 Å². The Kier molecular flexibility index (Phi) is 3.50. The van der Waals surface area contributed by atoms with Crippen LogP contribution in [-0.4, -0.2) is 0 Å². The molecule has 0 saturated carbocycles. The molecule has 124 valence electrons. The van der Waals surface area contributed by atoms with E-state index in [-0.39, 0.29) is 11.3 Å². The maximum Gasteiger partial charge on any atom is 0.0560 e. The molecule has 0 bridgehead atoms. The van der Waals surface area contributed by atoms with Crippen molar-refractivity contribution in [3.05, 3.63) is 132 Å². The molecule has 0 amide bonds. The van der Waals surface area contributed by atoms with Gasteiger partial charge >= 0.3 is 0 Å². The number of rotatable bonds is 2. The van der Waals surface area contributed by atoms with E-state index in [0.717, 1.165) is 0 Å². The zero-order chi connectivity index (χ0) is 17.4. The molecule has 3 aromatic carbocycles. The minimum Gasteiger partial charge on any atom is -0.0760 e. The van der Waals surface area contributed by atoms with Gasteiger partial charge in [-0.05, 0) is 27.8 Å². The van der Waals surface area contributed by atoms with Crippen molar-refractivity contribution in [1.82, 2.24) is 0 Å². The number of hydrogen-bond acceptors (Lipinski definition) is 0. The van der Waals surface area contributed by atoms with Crippen molar-refractivity contribution in [2.75, 3.05) is 0 Å². The summed E-state index contributed by atoms with van der Waals surface area (Å²) in [7, 11) is 0. The van der Waals surface area contributed by atoms with Crippen LogP contribution in [0.4, 0.5) is 0 Å². The number of fused-ring (bicyclic) bond motifs is 3. The van der Waals surface area contributed by atoms with E-state index in [1.165, 1.54) is 27.8 Å². The molecule has 0 fully saturated rings. The molecular formula is C26H20. The van der Waals surface area contributed by atoms with Gasteiger partial charge in [0.25, 0.3) is 0 Å². The summed E-state index contributed by atoms with van der Waals surface area (Å²) in [4.78, 5) is 0. The van der Waals surface area contributed by atoms with E-state index in [9.17, 15) is 0 Å². The molecule has 2 aliphatic rings. The lowest BCUT2D eigenvalue weighted by atomic mass is 9.64. The van der Waals surface area contributed by atoms with Gasteiger partial charge in [-0.2, -0.15) is 0 Å². The van der Waals surface area contributed by atoms with Crippen molar-refractivity contribution in [2.24, 2.45) is 5.92 Å². The Labute approximate surface area is 154 Å². The molecule has 5 rings (SSSR count). The standard InChI is InChI=1S/C26H20/c1-2-5-13-20(12-4-1)26(21-14-6-3-7-15-21)24-18-10-8-16-22(24)23-17-9-11-19-25(23)26/h1-20H. The molecule has 0 unspecified atom stereocenters. The van der Waals surface area contributed by atoms with Crippen LogP contribution < -0.4 is 0 Å². The lowest BCUT2D eigenvalue weighted by Gasteiger charge is -2.37. The van der Waals surface area contributed by atoms with Crippen molar-refractivity contribution in [3.8, 4) is 11.1 Å². The quantitative estimate of drug-likeness (QED) is 0.516. The molecule has 0 saturated heterocycles. The molecule has 0 radical (unpaired) electrons. The van der Waals surface area contributed by atoms with E-state index < -0.39 is 0 Å². The third-order valence-corrected chi connectivity index (χ3v) is 5.69. The average molecular weight is 332 g/mol. The zero-order valence-corrected chi connectivity index (χ0v) is 14.5. The SMILES string of the molecule is C1=CC=CC(C2(c3ccccc3)c3ccccc3-c3ccccc32)C=C1. The van der Waals surface area contributed by atoms with Gasteiger partial charge in [0.2, 0.25) is 0 Å². The summed E-state index contributed by atoms with van der Waals surface area (Å²) in [6.07, 6.45) is 13.3. The maximum absolute atomic E-state index is 2.34. The zero-order valence-electron chi connectivity index (χ0n) is 14.5. The molecule has 0 aliphatic heterocycles. The van der Waals surface area contributed by atoms with Crippen molar-refractivity contribution in [1.29, 1.82) is 0 Å². The fraction of sp³-hybridized carbons (Fsp3) is 0.0769. The topological polar surface area (TPSA) is 0 Å². The van der Waals surface area contributed by atoms with Gasteiger partial charge in [-0.3, -0.25) is 0 Å². The highest BCUT2D eigenvalue weighted by Gasteiger charge is 2.48. The summed E-state index contributed by atoms with van der Waals surface area (Å²) >= 11 is 0. The molecule has 26 heavy (non-hydrogen) atoms. The Morgan fingerprint density at radius 3 is 1.58 bits per heavy atom. The van der Waals surface area contributed by atoms with Crippen LogP contribution in [0.3, 0.4) is 0 Å². The smallest absolute Gasteiger partial charge is 0.0560 e. The predicted octanol–water partition coefficient (Wildman–Crippen LogP) is 6.30. The Hall–Kier alpha value is -3.12. The highest BCUT2D eigenvalue weighted by atomic mass is 14.5. The Morgan fingerprint density at radius 2 is 1.00 bits per heavy atom. The molecule has 0 spiro atoms. The fourth-order valence-corrected chi connectivity index (χ4v) is 4.68. The van der Waals surface area contributed by atoms with Crippen LogP contribution in [0.5, 0.6) is 0 Å². The van der Waals surface area contributed by atoms with Gasteiger partial charge in [-0.25, -0.2) is 0 Å². The molecule has 0 atom stereocenters. The van der Waals surface area contributed by atoms with Gasteiger partial charge in [0.1, 0.15) is 0 Å². The van der Waals surface area contributed by atoms with Gasteiger partial charge in [-0.15, -0.1) is 0 Å². The summed E-state index contributed by atoms with van der Waals surface area (Å²) < 4.78 is 0. The van der Waals surface area contributed by atoms with Gasteiger partial charge in [0.15, 0.2) is 0 Å². The first kappa shape index (κ1) is 15.2. The van der Waals surface area contributed by atoms with Gasteiger partial charge in [-0.1, -0.05) is 115 Å². The normalized spacial score (nSPS) is 16.9. The van der Waals surface area contributed by atoms with Gasteiger partial charge in [0.05, 0.1) is 5.41 Å². The van der Waals surface area contributed by atoms with Crippen LogP contribution in [0.1, 0.15) is 16.7 Å². The summed E-state index contributed by atoms with van der Waals surface area (Å²) in [5, 5.41) is 0. The minimum absolute atomic E-state index is 0.201. The first-order chi connectivity index (χ1) is 12.9. The molecule has 0 N–H and O–H groups in total. The molecule has 3 aromatic rings. The molecule has 2 aliphatic carbocycles. The summed E-state index contributed by atoms with van der Waals surface area (Å²) in [6.45, 7) is 0. The second-order valence-electron chi connectivity index (χ2n) is 6.95. The fourth-order valence-electron chi connectivity index (χ4n) is 4.68.